The van der Waals surface area contributed by atoms with Crippen LogP contribution in [-0.2, 0) is 17.8 Å². The number of benzene rings is 3. The number of hydrogen-bond acceptors (Lipinski definition) is 3. The van der Waals surface area contributed by atoms with Gasteiger partial charge < -0.3 is 15.2 Å². The normalized spacial score (nSPS) is 11.8. The quantitative estimate of drug-likeness (QED) is 0.246. The molecule has 0 unspecified atom stereocenters. The first-order valence-electron chi connectivity index (χ1n) is 13.3. The maximum Gasteiger partial charge on any atom is 0.251 e. The molecule has 0 spiro atoms. The molecule has 0 aliphatic carbocycles. The van der Waals surface area contributed by atoms with E-state index in [1.165, 1.54) is 17.7 Å². The molecule has 0 fully saturated rings. The number of halogens is 2. The van der Waals surface area contributed by atoms with Gasteiger partial charge in [0.05, 0.1) is 11.7 Å². The van der Waals surface area contributed by atoms with Crippen molar-refractivity contribution in [3.8, 4) is 11.1 Å². The first-order chi connectivity index (χ1) is 19.7. The molecule has 0 radical (unpaired) electrons. The largest absolute Gasteiger partial charge is 0.355 e. The Bertz CT molecular complexity index is 1740. The number of fused-ring (bicyclic) bond motifs is 1. The molecule has 0 aliphatic rings. The Morgan fingerprint density at radius 2 is 1.68 bits per heavy atom. The second-order valence-electron chi connectivity index (χ2n) is 10.1. The van der Waals surface area contributed by atoms with Crippen molar-refractivity contribution in [2.45, 2.75) is 32.9 Å². The monoisotopic (exact) mass is 552 g/mol. The Kier molecular flexibility index (Phi) is 7.92. The van der Waals surface area contributed by atoms with E-state index in [0.717, 1.165) is 28.1 Å². The van der Waals surface area contributed by atoms with Crippen LogP contribution in [0.15, 0.2) is 85.2 Å². The number of aryl methyl sites for hydroxylation is 2. The Labute approximate surface area is 237 Å². The number of aromatic nitrogens is 2. The van der Waals surface area contributed by atoms with Crippen LogP contribution < -0.4 is 10.6 Å². The summed E-state index contributed by atoms with van der Waals surface area (Å²) in [4.78, 5) is 30.4. The van der Waals surface area contributed by atoms with Crippen LogP contribution in [0.4, 0.5) is 8.78 Å². The van der Waals surface area contributed by atoms with E-state index in [0.29, 0.717) is 22.4 Å². The molecular formula is C33H30F2N4O2. The molecule has 208 valence electrons. The van der Waals surface area contributed by atoms with Crippen molar-refractivity contribution in [3.05, 3.63) is 125 Å². The third kappa shape index (κ3) is 6.17. The van der Waals surface area contributed by atoms with Gasteiger partial charge in [-0.25, -0.2) is 8.78 Å². The fraction of sp³-hybridized carbons (Fsp3) is 0.182. The van der Waals surface area contributed by atoms with Gasteiger partial charge in [-0.1, -0.05) is 18.2 Å². The van der Waals surface area contributed by atoms with E-state index in [2.05, 4.69) is 27.8 Å². The number of nitrogens with zero attached hydrogens (tertiary/aromatic N) is 2. The Morgan fingerprint density at radius 1 is 0.927 bits per heavy atom. The number of amides is 2. The SMILES string of the molecule is CNC(=O)c1cccc(-c2cccnc2[C@H](Cc2cc(F)cc(F)c2)NC(=O)Cn2ccc3cc(C)c(C)cc32)c1. The molecule has 0 bridgehead atoms. The highest BCUT2D eigenvalue weighted by molar-refractivity contribution is 5.95. The van der Waals surface area contributed by atoms with Crippen molar-refractivity contribution in [2.75, 3.05) is 7.05 Å². The Hall–Kier alpha value is -4.85. The number of carbonyl (C=O) groups is 2. The zero-order chi connectivity index (χ0) is 29.1. The van der Waals surface area contributed by atoms with E-state index in [4.69, 9.17) is 0 Å². The third-order valence-corrected chi connectivity index (χ3v) is 7.23. The van der Waals surface area contributed by atoms with Gasteiger partial charge in [0, 0.05) is 42.2 Å². The van der Waals surface area contributed by atoms with Crippen molar-refractivity contribution < 1.29 is 18.4 Å². The van der Waals surface area contributed by atoms with E-state index < -0.39 is 17.7 Å². The molecule has 3 aromatic carbocycles. The molecule has 0 saturated heterocycles. The molecule has 0 saturated carbocycles. The predicted octanol–water partition coefficient (Wildman–Crippen LogP) is 6.06. The van der Waals surface area contributed by atoms with E-state index in [-0.39, 0.29) is 24.8 Å². The first kappa shape index (κ1) is 27.7. The van der Waals surface area contributed by atoms with E-state index in [9.17, 15) is 18.4 Å². The molecule has 41 heavy (non-hydrogen) atoms. The maximum absolute atomic E-state index is 14.1. The second kappa shape index (κ2) is 11.7. The van der Waals surface area contributed by atoms with E-state index in [1.54, 1.807) is 37.5 Å². The first-order valence-corrected chi connectivity index (χ1v) is 13.3. The topological polar surface area (TPSA) is 76.0 Å². The summed E-state index contributed by atoms with van der Waals surface area (Å²) in [5, 5.41) is 6.72. The molecule has 2 N–H and O–H groups in total. The lowest BCUT2D eigenvalue weighted by Crippen LogP contribution is -2.33. The lowest BCUT2D eigenvalue weighted by molar-refractivity contribution is -0.122. The lowest BCUT2D eigenvalue weighted by Gasteiger charge is -2.22. The van der Waals surface area contributed by atoms with Crippen LogP contribution in [0.1, 0.15) is 38.8 Å². The minimum absolute atomic E-state index is 0.0499. The molecule has 1 atom stereocenters. The highest BCUT2D eigenvalue weighted by Gasteiger charge is 2.22. The van der Waals surface area contributed by atoms with Crippen molar-refractivity contribution in [1.82, 2.24) is 20.2 Å². The summed E-state index contributed by atoms with van der Waals surface area (Å²) in [6.07, 6.45) is 3.58. The number of carbonyl (C=O) groups excluding carboxylic acids is 2. The van der Waals surface area contributed by atoms with E-state index >= 15 is 0 Å². The number of rotatable bonds is 8. The van der Waals surface area contributed by atoms with Crippen molar-refractivity contribution in [2.24, 2.45) is 0 Å². The van der Waals surface area contributed by atoms with Crippen molar-refractivity contribution in [1.29, 1.82) is 0 Å². The molecular weight excluding hydrogens is 522 g/mol. The van der Waals surface area contributed by atoms with Gasteiger partial charge in [-0.15, -0.1) is 0 Å². The minimum atomic E-state index is -0.714. The summed E-state index contributed by atoms with van der Waals surface area (Å²) >= 11 is 0. The zero-order valence-corrected chi connectivity index (χ0v) is 23.0. The molecule has 0 aliphatic heterocycles. The van der Waals surface area contributed by atoms with E-state index in [1.807, 2.05) is 42.8 Å². The summed E-state index contributed by atoms with van der Waals surface area (Å²) < 4.78 is 30.1. The predicted molar refractivity (Wildman–Crippen MR) is 155 cm³/mol. The number of pyridine rings is 1. The van der Waals surface area contributed by atoms with Crippen LogP contribution in [0.5, 0.6) is 0 Å². The summed E-state index contributed by atoms with van der Waals surface area (Å²) in [6, 6.07) is 19.4. The average Bonchev–Trinajstić information content (AvgIpc) is 3.32. The van der Waals surface area contributed by atoms with Gasteiger partial charge in [0.25, 0.3) is 5.91 Å². The van der Waals surface area contributed by atoms with Crippen LogP contribution in [0.25, 0.3) is 22.0 Å². The van der Waals surface area contributed by atoms with Crippen molar-refractivity contribution in [3.63, 3.8) is 0 Å². The van der Waals surface area contributed by atoms with Gasteiger partial charge in [-0.05, 0) is 96.4 Å². The number of hydrogen-bond donors (Lipinski definition) is 2. The van der Waals surface area contributed by atoms with Gasteiger partial charge in [-0.3, -0.25) is 14.6 Å². The Balaban J connectivity index is 1.51. The molecule has 5 aromatic rings. The fourth-order valence-electron chi connectivity index (χ4n) is 5.08. The molecule has 2 aromatic heterocycles. The van der Waals surface area contributed by atoms with Crippen LogP contribution in [0.3, 0.4) is 0 Å². The highest BCUT2D eigenvalue weighted by Crippen LogP contribution is 2.30. The van der Waals surface area contributed by atoms with Crippen LogP contribution in [0, 0.1) is 25.5 Å². The van der Waals surface area contributed by atoms with Gasteiger partial charge in [0.15, 0.2) is 0 Å². The van der Waals surface area contributed by atoms with Crippen LogP contribution in [0.2, 0.25) is 0 Å². The second-order valence-corrected chi connectivity index (χ2v) is 10.1. The lowest BCUT2D eigenvalue weighted by atomic mass is 9.94. The smallest absolute Gasteiger partial charge is 0.251 e. The maximum atomic E-state index is 14.1. The van der Waals surface area contributed by atoms with Gasteiger partial charge in [0.1, 0.15) is 18.2 Å². The fourth-order valence-corrected chi connectivity index (χ4v) is 5.08. The summed E-state index contributed by atoms with van der Waals surface area (Å²) in [6.45, 7) is 4.13. The van der Waals surface area contributed by atoms with Crippen molar-refractivity contribution >= 4 is 22.7 Å². The minimum Gasteiger partial charge on any atom is -0.355 e. The summed E-state index contributed by atoms with van der Waals surface area (Å²) in [5.41, 5.74) is 6.02. The Morgan fingerprint density at radius 3 is 2.44 bits per heavy atom. The number of nitrogens with one attached hydrogen (secondary N) is 2. The zero-order valence-electron chi connectivity index (χ0n) is 23.0. The van der Waals surface area contributed by atoms with Gasteiger partial charge >= 0.3 is 0 Å². The average molecular weight is 553 g/mol. The molecule has 5 rings (SSSR count). The van der Waals surface area contributed by atoms with Crippen LogP contribution in [-0.4, -0.2) is 28.4 Å². The van der Waals surface area contributed by atoms with Gasteiger partial charge in [-0.2, -0.15) is 0 Å². The molecule has 8 heteroatoms. The molecule has 2 heterocycles. The highest BCUT2D eigenvalue weighted by atomic mass is 19.1. The van der Waals surface area contributed by atoms with Crippen LogP contribution >= 0.6 is 0 Å². The summed E-state index contributed by atoms with van der Waals surface area (Å²) in [5.74, 6) is -1.91. The van der Waals surface area contributed by atoms with Gasteiger partial charge in [0.2, 0.25) is 5.91 Å². The molecule has 2 amide bonds. The molecule has 6 nitrogen and oxygen atoms in total. The summed E-state index contributed by atoms with van der Waals surface area (Å²) in [7, 11) is 1.56. The standard InChI is InChI=1S/C33H30F2N4O2/c1-20-12-24-9-11-39(30(24)13-21(20)2)19-31(40)38-29(16-22-14-26(34)18-27(35)15-22)32-28(8-5-10-37-32)23-6-4-7-25(17-23)33(41)36-3/h4-15,17-18,29H,16,19H2,1-3H3,(H,36,41)(H,38,40)/t29-/m0/s1. The third-order valence-electron chi connectivity index (χ3n) is 7.23.